The molecule has 0 spiro atoms. The van der Waals surface area contributed by atoms with E-state index in [-0.39, 0.29) is 16.5 Å². The van der Waals surface area contributed by atoms with Gasteiger partial charge in [-0.1, -0.05) is 25.7 Å². The summed E-state index contributed by atoms with van der Waals surface area (Å²) in [5, 5.41) is 24.4. The third-order valence-corrected chi connectivity index (χ3v) is 8.28. The second kappa shape index (κ2) is 15.5. The Kier molecular flexibility index (Phi) is 13.5. The van der Waals surface area contributed by atoms with Gasteiger partial charge in [0.25, 0.3) is 0 Å². The first-order chi connectivity index (χ1) is 16.4. The topological polar surface area (TPSA) is 96.7 Å². The summed E-state index contributed by atoms with van der Waals surface area (Å²) in [5.41, 5.74) is 0. The van der Waals surface area contributed by atoms with Gasteiger partial charge in [0.05, 0.1) is 27.3 Å². The molecule has 2 saturated carbocycles. The van der Waals surface area contributed by atoms with Crippen molar-refractivity contribution < 1.29 is 26.0 Å². The molecule has 0 amide bonds. The van der Waals surface area contributed by atoms with E-state index >= 15 is 0 Å². The van der Waals surface area contributed by atoms with Crippen LogP contribution in [-0.4, -0.2) is 98.2 Å². The summed E-state index contributed by atoms with van der Waals surface area (Å²) in [7, 11) is 3.24. The largest absolute Gasteiger partial charge is 2.00 e. The zero-order valence-electron chi connectivity index (χ0n) is 22.4. The maximum atomic E-state index is 8.22. The van der Waals surface area contributed by atoms with Crippen LogP contribution in [0.2, 0.25) is 0 Å². The van der Waals surface area contributed by atoms with E-state index in [2.05, 4.69) is 34.3 Å². The molecule has 204 valence electrons. The zero-order valence-corrected chi connectivity index (χ0v) is 23.4. The minimum atomic E-state index is 0. The number of ether oxygens (including phenoxy) is 2. The number of nitrogens with one attached hydrogen (secondary N) is 4. The smallest absolute Gasteiger partial charge is 0.484 e. The summed E-state index contributed by atoms with van der Waals surface area (Å²) in [6.07, 6.45) is 12.0. The van der Waals surface area contributed by atoms with Crippen LogP contribution in [0.5, 0.6) is 0 Å². The quantitative estimate of drug-likeness (QED) is 0.250. The molecule has 8 nitrogen and oxygen atoms in total. The number of nitrogens with zero attached hydrogens (tertiary/aromatic N) is 2. The monoisotopic (exact) mass is 536 g/mol. The molecule has 1 heterocycles. The Labute approximate surface area is 223 Å². The van der Waals surface area contributed by atoms with E-state index in [4.69, 9.17) is 20.3 Å². The van der Waals surface area contributed by atoms with Gasteiger partial charge in [-0.3, -0.25) is 20.6 Å². The van der Waals surface area contributed by atoms with Crippen molar-refractivity contribution in [2.45, 2.75) is 114 Å². The van der Waals surface area contributed by atoms with Crippen LogP contribution in [0.4, 0.5) is 0 Å². The van der Waals surface area contributed by atoms with Crippen LogP contribution in [0, 0.1) is 10.8 Å². The van der Waals surface area contributed by atoms with Crippen LogP contribution in [0.3, 0.4) is 0 Å². The average molecular weight is 537 g/mol. The molecule has 9 heteroatoms. The van der Waals surface area contributed by atoms with E-state index in [1.807, 2.05) is 0 Å². The number of methoxy groups -OCH3 is 2. The fraction of sp³-hybridized carbons (Fsp3) is 0.923. The first-order valence-corrected chi connectivity index (χ1v) is 13.6. The van der Waals surface area contributed by atoms with Gasteiger partial charge in [0.15, 0.2) is 11.8 Å². The molecule has 0 bridgehead atoms. The van der Waals surface area contributed by atoms with Crippen molar-refractivity contribution in [3.05, 3.63) is 0 Å². The molecule has 6 atom stereocenters. The minimum Gasteiger partial charge on any atom is -0.484 e. The number of hydrogen-bond acceptors (Lipinski definition) is 8. The van der Waals surface area contributed by atoms with Crippen LogP contribution in [0.25, 0.3) is 0 Å². The van der Waals surface area contributed by atoms with E-state index in [1.54, 1.807) is 14.2 Å². The van der Waals surface area contributed by atoms with E-state index < -0.39 is 0 Å². The second-order valence-electron chi connectivity index (χ2n) is 10.8. The molecule has 0 aromatic carbocycles. The van der Waals surface area contributed by atoms with Crippen LogP contribution in [0.15, 0.2) is 0 Å². The molecule has 3 rings (SSSR count). The van der Waals surface area contributed by atoms with E-state index in [0.29, 0.717) is 61.1 Å². The zero-order chi connectivity index (χ0) is 24.5. The molecule has 3 fully saturated rings. The van der Waals surface area contributed by atoms with Gasteiger partial charge in [0.2, 0.25) is 0 Å². The number of rotatable bonds is 4. The molecule has 1 saturated heterocycles. The van der Waals surface area contributed by atoms with Gasteiger partial charge < -0.3 is 20.1 Å². The van der Waals surface area contributed by atoms with E-state index in [1.165, 1.54) is 51.4 Å². The summed E-state index contributed by atoms with van der Waals surface area (Å²) in [4.78, 5) is 5.04. The van der Waals surface area contributed by atoms with Crippen molar-refractivity contribution >= 4 is 11.8 Å². The van der Waals surface area contributed by atoms with Gasteiger partial charge in [-0.25, -0.2) is 0 Å². The Balaban J connectivity index is 0.00000432. The predicted octanol–water partition coefficient (Wildman–Crippen LogP) is 3.21. The Morgan fingerprint density at radius 2 is 1.06 bits per heavy atom. The van der Waals surface area contributed by atoms with Crippen molar-refractivity contribution in [3.8, 4) is 0 Å². The maximum absolute atomic E-state index is 8.22. The summed E-state index contributed by atoms with van der Waals surface area (Å²) in [5.74, 6) is 0.727. The first kappa shape index (κ1) is 30.5. The van der Waals surface area contributed by atoms with Gasteiger partial charge in [0.1, 0.15) is 0 Å². The third-order valence-electron chi connectivity index (χ3n) is 8.28. The van der Waals surface area contributed by atoms with Gasteiger partial charge in [-0.05, 0) is 52.4 Å². The fourth-order valence-corrected chi connectivity index (χ4v) is 6.32. The van der Waals surface area contributed by atoms with E-state index in [9.17, 15) is 0 Å². The summed E-state index contributed by atoms with van der Waals surface area (Å²) < 4.78 is 10.6. The summed E-state index contributed by atoms with van der Waals surface area (Å²) in [6.45, 7) is 7.78. The average Bonchev–Trinajstić information content (AvgIpc) is 2.84. The molecule has 0 aromatic heterocycles. The molecule has 2 aliphatic carbocycles. The molecule has 0 radical (unpaired) electrons. The molecule has 0 aromatic rings. The van der Waals surface area contributed by atoms with Crippen molar-refractivity contribution in [3.63, 3.8) is 0 Å². The molecule has 4 N–H and O–H groups in total. The number of fused-ring (bicyclic) bond motifs is 2. The standard InChI is InChI=1S/C26H50N6O2.Ni/c1-19-13-15-31(17-25(27)33-3)24-12-8-6-10-22(24)30-20(2)14-16-32(18-26(28)34-4)23-11-7-5-9-21(23)29-19;/h19-24,27-30H,5-18H2,1-4H3;/q;+2. The normalized spacial score (nSPS) is 33.8. The molecule has 6 unspecified atom stereocenters. The van der Waals surface area contributed by atoms with Crippen LogP contribution in [-0.2, 0) is 26.0 Å². The SMILES string of the molecule is COC(=N)CN1CCC(C)NC2CCCCC2N(CC(=N)OC)CCC(C)NC2CCCCC21.[Ni+2]. The maximum Gasteiger partial charge on any atom is 2.00 e. The van der Waals surface area contributed by atoms with Gasteiger partial charge in [0, 0.05) is 49.3 Å². The van der Waals surface area contributed by atoms with E-state index in [0.717, 1.165) is 25.9 Å². The van der Waals surface area contributed by atoms with Gasteiger partial charge in [-0.15, -0.1) is 0 Å². The fourth-order valence-electron chi connectivity index (χ4n) is 6.32. The van der Waals surface area contributed by atoms with Crippen molar-refractivity contribution in [1.29, 1.82) is 10.8 Å². The van der Waals surface area contributed by atoms with Gasteiger partial charge in [-0.2, -0.15) is 0 Å². The summed E-state index contributed by atoms with van der Waals surface area (Å²) in [6, 6.07) is 2.61. The predicted molar refractivity (Wildman–Crippen MR) is 139 cm³/mol. The molecular formula is C26H50N6NiO2+2. The minimum absolute atomic E-state index is 0. The van der Waals surface area contributed by atoms with Crippen molar-refractivity contribution in [2.24, 2.45) is 0 Å². The van der Waals surface area contributed by atoms with Crippen LogP contribution in [0.1, 0.15) is 78.1 Å². The molecule has 3 aliphatic rings. The molecule has 35 heavy (non-hydrogen) atoms. The Morgan fingerprint density at radius 1 is 0.686 bits per heavy atom. The molecular weight excluding hydrogens is 487 g/mol. The summed E-state index contributed by atoms with van der Waals surface area (Å²) >= 11 is 0. The van der Waals surface area contributed by atoms with Crippen LogP contribution < -0.4 is 10.6 Å². The first-order valence-electron chi connectivity index (χ1n) is 13.6. The Morgan fingerprint density at radius 3 is 1.43 bits per heavy atom. The Bertz CT molecular complexity index is 599. The van der Waals surface area contributed by atoms with Crippen LogP contribution >= 0.6 is 0 Å². The number of hydrogen-bond donors (Lipinski definition) is 4. The van der Waals surface area contributed by atoms with Crippen molar-refractivity contribution in [2.75, 3.05) is 40.4 Å². The molecule has 1 aliphatic heterocycles. The second-order valence-corrected chi connectivity index (χ2v) is 10.8. The van der Waals surface area contributed by atoms with Crippen molar-refractivity contribution in [1.82, 2.24) is 20.4 Å². The third kappa shape index (κ3) is 9.26. The Hall–Kier alpha value is -0.726. The van der Waals surface area contributed by atoms with Gasteiger partial charge >= 0.3 is 16.5 Å².